The van der Waals surface area contributed by atoms with Crippen molar-refractivity contribution in [3.8, 4) is 6.07 Å². The lowest BCUT2D eigenvalue weighted by Gasteiger charge is -2.19. The zero-order valence-electron chi connectivity index (χ0n) is 9.83. The zero-order valence-corrected chi connectivity index (χ0v) is 9.83. The molecule has 6 nitrogen and oxygen atoms in total. The Kier molecular flexibility index (Phi) is 5.16. The van der Waals surface area contributed by atoms with E-state index in [-0.39, 0.29) is 12.3 Å². The van der Waals surface area contributed by atoms with E-state index in [9.17, 15) is 9.59 Å². The number of amides is 1. The second kappa shape index (κ2) is 5.85. The van der Waals surface area contributed by atoms with Crippen LogP contribution in [0.15, 0.2) is 5.10 Å². The molecule has 0 saturated carbocycles. The zero-order chi connectivity index (χ0) is 12.8. The van der Waals surface area contributed by atoms with Crippen LogP contribution < -0.4 is 5.43 Å². The van der Waals surface area contributed by atoms with Gasteiger partial charge in [0.05, 0.1) is 6.61 Å². The van der Waals surface area contributed by atoms with Gasteiger partial charge >= 0.3 is 11.9 Å². The van der Waals surface area contributed by atoms with E-state index in [0.29, 0.717) is 0 Å². The van der Waals surface area contributed by atoms with Crippen LogP contribution >= 0.6 is 0 Å². The van der Waals surface area contributed by atoms with Crippen molar-refractivity contribution in [1.82, 2.24) is 5.43 Å². The monoisotopic (exact) mass is 225 g/mol. The van der Waals surface area contributed by atoms with E-state index in [2.05, 4.69) is 5.10 Å². The van der Waals surface area contributed by atoms with E-state index in [1.165, 1.54) is 6.07 Å². The summed E-state index contributed by atoms with van der Waals surface area (Å²) in [6, 6.07) is 1.33. The van der Waals surface area contributed by atoms with Crippen molar-refractivity contribution >= 4 is 17.6 Å². The predicted molar refractivity (Wildman–Crippen MR) is 57.3 cm³/mol. The summed E-state index contributed by atoms with van der Waals surface area (Å²) >= 11 is 0. The molecule has 6 heteroatoms. The first kappa shape index (κ1) is 14.1. The molecular weight excluding hydrogens is 210 g/mol. The molecule has 0 fully saturated rings. The molecule has 0 aliphatic carbocycles. The van der Waals surface area contributed by atoms with E-state index in [4.69, 9.17) is 10.00 Å². The number of hydrogen-bond acceptors (Lipinski definition) is 5. The molecule has 16 heavy (non-hydrogen) atoms. The molecule has 88 valence electrons. The lowest BCUT2D eigenvalue weighted by atomic mass is 9.90. The molecule has 1 amide bonds. The Labute approximate surface area is 94.3 Å². The number of hydrazone groups is 1. The second-order valence-corrected chi connectivity index (χ2v) is 3.98. The highest BCUT2D eigenvalue weighted by Gasteiger charge is 2.27. The van der Waals surface area contributed by atoms with Gasteiger partial charge in [0.1, 0.15) is 0 Å². The van der Waals surface area contributed by atoms with Gasteiger partial charge in [0.15, 0.2) is 11.8 Å². The molecule has 1 N–H and O–H groups in total. The van der Waals surface area contributed by atoms with Crippen LogP contribution in [0.1, 0.15) is 27.7 Å². The van der Waals surface area contributed by atoms with Gasteiger partial charge in [0.25, 0.3) is 0 Å². The first-order valence-electron chi connectivity index (χ1n) is 4.78. The number of nitriles is 1. The maximum atomic E-state index is 11.5. The Bertz CT molecular complexity index is 347. The summed E-state index contributed by atoms with van der Waals surface area (Å²) in [4.78, 5) is 22.2. The molecule has 0 bridgehead atoms. The average molecular weight is 225 g/mol. The summed E-state index contributed by atoms with van der Waals surface area (Å²) < 4.78 is 4.79. The molecule has 0 atom stereocenters. The van der Waals surface area contributed by atoms with Gasteiger partial charge in [0, 0.05) is 5.41 Å². The molecule has 0 aromatic heterocycles. The molecule has 0 unspecified atom stereocenters. The minimum atomic E-state index is -0.925. The number of carbonyl (C=O) groups is 2. The van der Waals surface area contributed by atoms with Crippen LogP contribution in [0.25, 0.3) is 0 Å². The van der Waals surface area contributed by atoms with Gasteiger partial charge in [-0.25, -0.2) is 10.2 Å². The summed E-state index contributed by atoms with van der Waals surface area (Å²) in [5, 5.41) is 11.8. The smallest absolute Gasteiger partial charge is 0.355 e. The van der Waals surface area contributed by atoms with Crippen LogP contribution in [0, 0.1) is 16.7 Å². The van der Waals surface area contributed by atoms with Gasteiger partial charge in [-0.05, 0) is 6.92 Å². The number of rotatable bonds is 3. The van der Waals surface area contributed by atoms with Gasteiger partial charge in [-0.2, -0.15) is 10.4 Å². The molecule has 0 radical (unpaired) electrons. The lowest BCUT2D eigenvalue weighted by molar-refractivity contribution is -0.135. The maximum Gasteiger partial charge on any atom is 0.355 e. The number of ether oxygens (including phenoxy) is 1. The minimum Gasteiger partial charge on any atom is -0.461 e. The highest BCUT2D eigenvalue weighted by atomic mass is 16.5. The van der Waals surface area contributed by atoms with E-state index < -0.39 is 17.3 Å². The Morgan fingerprint density at radius 1 is 1.44 bits per heavy atom. The topological polar surface area (TPSA) is 91.5 Å². The quantitative estimate of drug-likeness (QED) is 0.329. The highest BCUT2D eigenvalue weighted by molar-refractivity contribution is 6.38. The fraction of sp³-hybridized carbons (Fsp3) is 0.600. The van der Waals surface area contributed by atoms with Gasteiger partial charge < -0.3 is 4.74 Å². The predicted octanol–water partition coefficient (Wildman–Crippen LogP) is 0.591. The number of nitrogens with zero attached hydrogens (tertiary/aromatic N) is 2. The van der Waals surface area contributed by atoms with E-state index >= 15 is 0 Å². The van der Waals surface area contributed by atoms with Crippen LogP contribution in [0.3, 0.4) is 0 Å². The first-order chi connectivity index (χ1) is 7.32. The van der Waals surface area contributed by atoms with Crippen molar-refractivity contribution in [2.75, 3.05) is 6.61 Å². The summed E-state index contributed by atoms with van der Waals surface area (Å²) in [6.07, 6.45) is 0. The number of hydrogen-bond donors (Lipinski definition) is 1. The first-order valence-corrected chi connectivity index (χ1v) is 4.78. The fourth-order valence-corrected chi connectivity index (χ4v) is 0.851. The van der Waals surface area contributed by atoms with Crippen LogP contribution in [-0.4, -0.2) is 24.2 Å². The van der Waals surface area contributed by atoms with Crippen molar-refractivity contribution in [1.29, 1.82) is 5.26 Å². The Hall–Kier alpha value is -1.90. The van der Waals surface area contributed by atoms with Crippen molar-refractivity contribution in [3.63, 3.8) is 0 Å². The Morgan fingerprint density at radius 2 is 2.00 bits per heavy atom. The average Bonchev–Trinajstić information content (AvgIpc) is 2.16. The minimum absolute atomic E-state index is 0.0675. The lowest BCUT2D eigenvalue weighted by Crippen LogP contribution is -2.33. The molecule has 0 spiro atoms. The summed E-state index contributed by atoms with van der Waals surface area (Å²) in [5.74, 6) is -1.53. The molecule has 0 aromatic carbocycles. The van der Waals surface area contributed by atoms with Crippen LogP contribution in [0.5, 0.6) is 0 Å². The second-order valence-electron chi connectivity index (χ2n) is 3.98. The number of carbonyl (C=O) groups excluding carboxylic acids is 2. The molecule has 0 saturated heterocycles. The van der Waals surface area contributed by atoms with Gasteiger partial charge in [-0.3, -0.25) is 4.79 Å². The Balaban J connectivity index is 4.90. The van der Waals surface area contributed by atoms with E-state index in [1.807, 2.05) is 5.43 Å². The van der Waals surface area contributed by atoms with Crippen molar-refractivity contribution < 1.29 is 14.3 Å². The van der Waals surface area contributed by atoms with Gasteiger partial charge in [-0.15, -0.1) is 0 Å². The van der Waals surface area contributed by atoms with E-state index in [1.54, 1.807) is 27.7 Å². The summed E-state index contributed by atoms with van der Waals surface area (Å²) in [7, 11) is 0. The third kappa shape index (κ3) is 4.55. The Morgan fingerprint density at radius 3 is 2.38 bits per heavy atom. The number of nitrogens with one attached hydrogen (secondary N) is 1. The molecular formula is C10H15N3O3. The number of esters is 1. The van der Waals surface area contributed by atoms with E-state index in [0.717, 1.165) is 0 Å². The standard InChI is InChI=1S/C10H15N3O3/c1-5-16-9(15)8(10(2,3)4)13-12-7(14)6-11/h5H2,1-4H3,(H,12,14). The third-order valence-electron chi connectivity index (χ3n) is 1.55. The molecule has 0 aromatic rings. The van der Waals surface area contributed by atoms with Gasteiger partial charge in [0.2, 0.25) is 0 Å². The van der Waals surface area contributed by atoms with Crippen molar-refractivity contribution in [3.05, 3.63) is 0 Å². The SMILES string of the molecule is CCOC(=O)C(=NNC(=O)C#N)C(C)(C)C. The normalized spacial score (nSPS) is 11.6. The largest absolute Gasteiger partial charge is 0.461 e. The highest BCUT2D eigenvalue weighted by Crippen LogP contribution is 2.16. The van der Waals surface area contributed by atoms with Crippen LogP contribution in [0.4, 0.5) is 0 Å². The van der Waals surface area contributed by atoms with Crippen LogP contribution in [0.2, 0.25) is 0 Å². The maximum absolute atomic E-state index is 11.5. The molecule has 0 rings (SSSR count). The third-order valence-corrected chi connectivity index (χ3v) is 1.55. The molecule has 0 heterocycles. The summed E-state index contributed by atoms with van der Waals surface area (Å²) in [6.45, 7) is 7.15. The molecule has 0 aliphatic rings. The summed E-state index contributed by atoms with van der Waals surface area (Å²) in [5.41, 5.74) is 1.46. The van der Waals surface area contributed by atoms with Crippen LogP contribution in [-0.2, 0) is 14.3 Å². The van der Waals surface area contributed by atoms with Crippen molar-refractivity contribution in [2.24, 2.45) is 10.5 Å². The van der Waals surface area contributed by atoms with Gasteiger partial charge in [-0.1, -0.05) is 20.8 Å². The van der Waals surface area contributed by atoms with Crippen molar-refractivity contribution in [2.45, 2.75) is 27.7 Å². The molecule has 0 aliphatic heterocycles. The fourth-order valence-electron chi connectivity index (χ4n) is 0.851.